The average Bonchev–Trinajstić information content (AvgIpc) is 2.99. The van der Waals surface area contributed by atoms with Gasteiger partial charge in [0.05, 0.1) is 4.92 Å². The van der Waals surface area contributed by atoms with Crippen LogP contribution in [-0.4, -0.2) is 29.1 Å². The van der Waals surface area contributed by atoms with Gasteiger partial charge in [0.1, 0.15) is 11.4 Å². The fraction of sp³-hybridized carbons (Fsp3) is 0.375. The summed E-state index contributed by atoms with van der Waals surface area (Å²) in [5.41, 5.74) is -0.278. The summed E-state index contributed by atoms with van der Waals surface area (Å²) in [5, 5.41) is 17.5. The van der Waals surface area contributed by atoms with Crippen LogP contribution in [-0.2, 0) is 4.79 Å². The highest BCUT2D eigenvalue weighted by Gasteiger charge is 2.30. The molecule has 0 radical (unpaired) electrons. The van der Waals surface area contributed by atoms with Gasteiger partial charge in [-0.25, -0.2) is 0 Å². The van der Waals surface area contributed by atoms with Gasteiger partial charge in [0.15, 0.2) is 5.82 Å². The normalized spacial score (nSPS) is 15.2. The Bertz CT molecular complexity index is 799. The third-order valence-electron chi connectivity index (χ3n) is 4.23. The van der Waals surface area contributed by atoms with Gasteiger partial charge in [-0.05, 0) is 31.9 Å². The monoisotopic (exact) mass is 348 g/mol. The minimum atomic E-state index is -0.858. The summed E-state index contributed by atoms with van der Waals surface area (Å²) >= 11 is 0. The second-order valence-corrected chi connectivity index (χ2v) is 5.94. The SMILES string of the molecule is Cc1cc(NC(=O)C2CCN(c3cccc(F)c3[N+](=O)[O-])CC2)no1. The number of rotatable bonds is 4. The summed E-state index contributed by atoms with van der Waals surface area (Å²) in [6, 6.07) is 5.67. The van der Waals surface area contributed by atoms with Crippen LogP contribution < -0.4 is 10.2 Å². The quantitative estimate of drug-likeness (QED) is 0.673. The molecule has 1 amide bonds. The van der Waals surface area contributed by atoms with E-state index in [4.69, 9.17) is 4.52 Å². The van der Waals surface area contributed by atoms with E-state index in [0.29, 0.717) is 37.5 Å². The summed E-state index contributed by atoms with van der Waals surface area (Å²) in [5.74, 6) is -0.291. The molecular formula is C16H17FN4O4. The maximum Gasteiger partial charge on any atom is 0.327 e. The van der Waals surface area contributed by atoms with Crippen LogP contribution in [0.5, 0.6) is 0 Å². The third-order valence-corrected chi connectivity index (χ3v) is 4.23. The highest BCUT2D eigenvalue weighted by atomic mass is 19.1. The van der Waals surface area contributed by atoms with Crippen LogP contribution in [0.4, 0.5) is 21.6 Å². The molecule has 1 aromatic heterocycles. The zero-order valence-corrected chi connectivity index (χ0v) is 13.6. The number of halogens is 1. The molecule has 0 spiro atoms. The number of carbonyl (C=O) groups is 1. The Morgan fingerprint density at radius 1 is 1.44 bits per heavy atom. The van der Waals surface area contributed by atoms with Crippen molar-refractivity contribution in [2.24, 2.45) is 5.92 Å². The minimum absolute atomic E-state index is 0.165. The molecule has 0 unspecified atom stereocenters. The molecule has 1 aliphatic rings. The third kappa shape index (κ3) is 3.59. The Morgan fingerprint density at radius 3 is 2.76 bits per heavy atom. The van der Waals surface area contributed by atoms with Crippen molar-refractivity contribution in [3.05, 3.63) is 46.0 Å². The number of nitro groups is 1. The van der Waals surface area contributed by atoms with Crippen molar-refractivity contribution in [1.29, 1.82) is 0 Å². The molecular weight excluding hydrogens is 331 g/mol. The van der Waals surface area contributed by atoms with Crippen LogP contribution in [0.1, 0.15) is 18.6 Å². The topological polar surface area (TPSA) is 102 Å². The van der Waals surface area contributed by atoms with Gasteiger partial charge >= 0.3 is 5.69 Å². The number of aromatic nitrogens is 1. The number of aryl methyl sites for hydroxylation is 1. The molecule has 2 aromatic rings. The van der Waals surface area contributed by atoms with Crippen molar-refractivity contribution in [3.8, 4) is 0 Å². The molecule has 0 aliphatic carbocycles. The highest BCUT2D eigenvalue weighted by molar-refractivity contribution is 5.91. The molecule has 3 rings (SSSR count). The van der Waals surface area contributed by atoms with E-state index in [2.05, 4.69) is 10.5 Å². The summed E-state index contributed by atoms with van der Waals surface area (Å²) in [4.78, 5) is 24.4. The number of amides is 1. The average molecular weight is 348 g/mol. The Hall–Kier alpha value is -2.97. The van der Waals surface area contributed by atoms with Crippen molar-refractivity contribution < 1.29 is 18.6 Å². The van der Waals surface area contributed by atoms with Gasteiger partial charge in [0.25, 0.3) is 0 Å². The van der Waals surface area contributed by atoms with E-state index in [1.807, 2.05) is 0 Å². The van der Waals surface area contributed by atoms with Crippen LogP contribution in [0.3, 0.4) is 0 Å². The van der Waals surface area contributed by atoms with E-state index in [1.54, 1.807) is 17.9 Å². The lowest BCUT2D eigenvalue weighted by atomic mass is 9.95. The Morgan fingerprint density at radius 2 is 2.16 bits per heavy atom. The van der Waals surface area contributed by atoms with Gasteiger partial charge < -0.3 is 14.7 Å². The Labute approximate surface area is 142 Å². The van der Waals surface area contributed by atoms with Crippen LogP contribution in [0.15, 0.2) is 28.8 Å². The standard InChI is InChI=1S/C16H17FN4O4/c1-10-9-14(19-25-10)18-16(22)11-5-7-20(8-6-11)13-4-2-3-12(17)15(13)21(23)24/h2-4,9,11H,5-8H2,1H3,(H,18,19,22). The van der Waals surface area contributed by atoms with E-state index < -0.39 is 16.4 Å². The number of hydrogen-bond donors (Lipinski definition) is 1. The number of para-hydroxylation sites is 1. The maximum atomic E-state index is 13.8. The number of nitrogens with zero attached hydrogens (tertiary/aromatic N) is 3. The molecule has 0 saturated carbocycles. The summed E-state index contributed by atoms with van der Waals surface area (Å²) in [7, 11) is 0. The van der Waals surface area contributed by atoms with Crippen molar-refractivity contribution >= 4 is 23.1 Å². The van der Waals surface area contributed by atoms with Gasteiger partial charge in [-0.2, -0.15) is 4.39 Å². The summed E-state index contributed by atoms with van der Waals surface area (Å²) < 4.78 is 18.7. The number of benzene rings is 1. The van der Waals surface area contributed by atoms with Crippen molar-refractivity contribution in [1.82, 2.24) is 5.16 Å². The largest absolute Gasteiger partial charge is 0.366 e. The second kappa shape index (κ2) is 6.88. The number of anilines is 2. The van der Waals surface area contributed by atoms with Crippen LogP contribution >= 0.6 is 0 Å². The van der Waals surface area contributed by atoms with Gasteiger partial charge in [-0.15, -0.1) is 0 Å². The van der Waals surface area contributed by atoms with E-state index in [9.17, 15) is 19.3 Å². The molecule has 1 aromatic carbocycles. The number of hydrogen-bond acceptors (Lipinski definition) is 6. The smallest absolute Gasteiger partial charge is 0.327 e. The van der Waals surface area contributed by atoms with Gasteiger partial charge in [0.2, 0.25) is 11.7 Å². The minimum Gasteiger partial charge on any atom is -0.366 e. The Kier molecular flexibility index (Phi) is 4.64. The lowest BCUT2D eigenvalue weighted by Gasteiger charge is -2.32. The number of nitrogens with one attached hydrogen (secondary N) is 1. The van der Waals surface area contributed by atoms with Crippen LogP contribution in [0.2, 0.25) is 0 Å². The first-order valence-electron chi connectivity index (χ1n) is 7.87. The first-order valence-corrected chi connectivity index (χ1v) is 7.87. The second-order valence-electron chi connectivity index (χ2n) is 5.94. The first-order chi connectivity index (χ1) is 12.0. The van der Waals surface area contributed by atoms with E-state index >= 15 is 0 Å². The number of carbonyl (C=O) groups excluding carboxylic acids is 1. The molecule has 1 aliphatic heterocycles. The maximum absolute atomic E-state index is 13.8. The number of piperidine rings is 1. The van der Waals surface area contributed by atoms with Gasteiger partial charge in [-0.1, -0.05) is 11.2 Å². The molecule has 1 saturated heterocycles. The highest BCUT2D eigenvalue weighted by Crippen LogP contribution is 2.33. The fourth-order valence-electron chi connectivity index (χ4n) is 2.98. The van der Waals surface area contributed by atoms with Crippen molar-refractivity contribution in [3.63, 3.8) is 0 Å². The predicted octanol–water partition coefficient (Wildman–Crippen LogP) is 2.89. The van der Waals surface area contributed by atoms with Gasteiger partial charge in [-0.3, -0.25) is 14.9 Å². The van der Waals surface area contributed by atoms with Crippen molar-refractivity contribution in [2.75, 3.05) is 23.3 Å². The summed E-state index contributed by atoms with van der Waals surface area (Å²) in [6.07, 6.45) is 1.02. The molecule has 8 nitrogen and oxygen atoms in total. The van der Waals surface area contributed by atoms with Crippen molar-refractivity contribution in [2.45, 2.75) is 19.8 Å². The van der Waals surface area contributed by atoms with E-state index in [-0.39, 0.29) is 17.5 Å². The summed E-state index contributed by atoms with van der Waals surface area (Å²) in [6.45, 7) is 2.59. The van der Waals surface area contributed by atoms with Crippen LogP contribution in [0, 0.1) is 28.8 Å². The lowest BCUT2D eigenvalue weighted by molar-refractivity contribution is -0.386. The molecule has 1 fully saturated rings. The molecule has 9 heteroatoms. The van der Waals surface area contributed by atoms with Crippen LogP contribution in [0.25, 0.3) is 0 Å². The molecule has 132 valence electrons. The zero-order valence-electron chi connectivity index (χ0n) is 13.6. The fourth-order valence-corrected chi connectivity index (χ4v) is 2.98. The lowest BCUT2D eigenvalue weighted by Crippen LogP contribution is -2.38. The van der Waals surface area contributed by atoms with Gasteiger partial charge in [0, 0.05) is 25.1 Å². The molecule has 0 atom stereocenters. The molecule has 1 N–H and O–H groups in total. The molecule has 2 heterocycles. The first kappa shape index (κ1) is 16.9. The van der Waals surface area contributed by atoms with E-state index in [0.717, 1.165) is 6.07 Å². The number of nitro benzene ring substituents is 1. The van der Waals surface area contributed by atoms with E-state index in [1.165, 1.54) is 12.1 Å². The predicted molar refractivity (Wildman–Crippen MR) is 87.9 cm³/mol. The molecule has 0 bridgehead atoms. The zero-order chi connectivity index (χ0) is 18.0. The Balaban J connectivity index is 1.65. The molecule has 25 heavy (non-hydrogen) atoms.